The molecule has 5 heteroatoms. The predicted octanol–water partition coefficient (Wildman–Crippen LogP) is 5.92. The zero-order chi connectivity index (χ0) is 17.2. The second kappa shape index (κ2) is 6.79. The number of nitrogens with zero attached hydrogens (tertiary/aromatic N) is 2. The van der Waals surface area contributed by atoms with Gasteiger partial charge in [-0.15, -0.1) is 0 Å². The number of hydrogen-bond acceptors (Lipinski definition) is 2. The molecule has 4 aromatic rings. The number of anilines is 1. The topological polar surface area (TPSA) is 29.3 Å². The average Bonchev–Trinajstić information content (AvgIpc) is 2.98. The minimum atomic E-state index is 0.658. The maximum atomic E-state index is 6.19. The van der Waals surface area contributed by atoms with Crippen molar-refractivity contribution in [3.63, 3.8) is 0 Å². The number of fused-ring (bicyclic) bond motifs is 1. The van der Waals surface area contributed by atoms with Gasteiger partial charge in [-0.1, -0.05) is 65.7 Å². The van der Waals surface area contributed by atoms with Crippen molar-refractivity contribution < 1.29 is 0 Å². The molecule has 2 aromatic heterocycles. The largest absolute Gasteiger partial charge is 0.365 e. The quantitative estimate of drug-likeness (QED) is 0.484. The molecule has 0 unspecified atom stereocenters. The van der Waals surface area contributed by atoms with Crippen molar-refractivity contribution in [2.75, 3.05) is 5.32 Å². The summed E-state index contributed by atoms with van der Waals surface area (Å²) in [6.45, 7) is 0.689. The highest BCUT2D eigenvalue weighted by Crippen LogP contribution is 2.31. The Morgan fingerprint density at radius 1 is 0.880 bits per heavy atom. The fourth-order valence-corrected chi connectivity index (χ4v) is 3.16. The van der Waals surface area contributed by atoms with Crippen LogP contribution in [0.5, 0.6) is 0 Å². The van der Waals surface area contributed by atoms with Gasteiger partial charge in [0, 0.05) is 23.3 Å². The van der Waals surface area contributed by atoms with E-state index in [1.807, 2.05) is 65.2 Å². The first-order chi connectivity index (χ1) is 12.2. The molecule has 0 aliphatic heterocycles. The molecule has 0 spiro atoms. The fourth-order valence-electron chi connectivity index (χ4n) is 2.81. The van der Waals surface area contributed by atoms with Crippen molar-refractivity contribution in [1.82, 2.24) is 9.38 Å². The number of benzene rings is 2. The number of pyridine rings is 1. The first-order valence-electron chi connectivity index (χ1n) is 7.92. The number of nitrogens with one attached hydrogen (secondary N) is 1. The van der Waals surface area contributed by atoms with Crippen LogP contribution in [0, 0.1) is 0 Å². The molecule has 0 atom stereocenters. The molecule has 2 heterocycles. The van der Waals surface area contributed by atoms with Gasteiger partial charge in [0.05, 0.1) is 5.02 Å². The summed E-state index contributed by atoms with van der Waals surface area (Å²) in [5.74, 6) is 0.892. The fraction of sp³-hybridized carbons (Fsp3) is 0.0500. The Hall–Kier alpha value is -2.49. The maximum Gasteiger partial charge on any atom is 0.139 e. The highest BCUT2D eigenvalue weighted by molar-refractivity contribution is 6.31. The van der Waals surface area contributed by atoms with E-state index in [0.717, 1.165) is 22.7 Å². The van der Waals surface area contributed by atoms with Gasteiger partial charge >= 0.3 is 0 Å². The molecule has 124 valence electrons. The lowest BCUT2D eigenvalue weighted by atomic mass is 10.1. The highest BCUT2D eigenvalue weighted by atomic mass is 35.5. The first kappa shape index (κ1) is 16.0. The smallest absolute Gasteiger partial charge is 0.139 e. The van der Waals surface area contributed by atoms with E-state index >= 15 is 0 Å². The average molecular weight is 368 g/mol. The Kier molecular flexibility index (Phi) is 4.35. The molecule has 0 radical (unpaired) electrons. The van der Waals surface area contributed by atoms with Crippen LogP contribution in [0.25, 0.3) is 16.9 Å². The van der Waals surface area contributed by atoms with Gasteiger partial charge < -0.3 is 5.32 Å². The molecule has 1 N–H and O–H groups in total. The summed E-state index contributed by atoms with van der Waals surface area (Å²) in [6, 6.07) is 21.7. The van der Waals surface area contributed by atoms with Gasteiger partial charge in [-0.3, -0.25) is 4.40 Å². The molecule has 0 amide bonds. The maximum absolute atomic E-state index is 6.19. The van der Waals surface area contributed by atoms with Crippen molar-refractivity contribution in [3.05, 3.63) is 88.5 Å². The van der Waals surface area contributed by atoms with Gasteiger partial charge in [0.25, 0.3) is 0 Å². The van der Waals surface area contributed by atoms with Crippen molar-refractivity contribution >= 4 is 34.7 Å². The third-order valence-corrected chi connectivity index (χ3v) is 4.44. The molecule has 0 aliphatic carbocycles. The molecule has 0 aliphatic rings. The van der Waals surface area contributed by atoms with Crippen LogP contribution < -0.4 is 5.32 Å². The van der Waals surface area contributed by atoms with E-state index in [-0.39, 0.29) is 0 Å². The zero-order valence-corrected chi connectivity index (χ0v) is 14.8. The molecule has 3 nitrogen and oxygen atoms in total. The Labute approximate surface area is 155 Å². The van der Waals surface area contributed by atoms with Gasteiger partial charge in [-0.05, 0) is 29.8 Å². The number of imidazole rings is 1. The number of rotatable bonds is 4. The van der Waals surface area contributed by atoms with E-state index in [1.54, 1.807) is 0 Å². The molecular formula is C20H15Cl2N3. The van der Waals surface area contributed by atoms with Crippen LogP contribution in [0.4, 0.5) is 5.82 Å². The van der Waals surface area contributed by atoms with Gasteiger partial charge in [0.1, 0.15) is 17.2 Å². The number of hydrogen-bond donors (Lipinski definition) is 1. The summed E-state index contributed by atoms with van der Waals surface area (Å²) >= 11 is 12.4. The predicted molar refractivity (Wildman–Crippen MR) is 104 cm³/mol. The Balaban J connectivity index is 1.81. The zero-order valence-electron chi connectivity index (χ0n) is 13.3. The van der Waals surface area contributed by atoms with E-state index in [0.29, 0.717) is 16.6 Å². The third kappa shape index (κ3) is 3.34. The number of aromatic nitrogens is 2. The summed E-state index contributed by atoms with van der Waals surface area (Å²) in [5, 5.41) is 4.84. The lowest BCUT2D eigenvalue weighted by molar-refractivity contribution is 1.08. The van der Waals surface area contributed by atoms with Crippen molar-refractivity contribution in [2.45, 2.75) is 6.54 Å². The molecular weight excluding hydrogens is 353 g/mol. The normalized spacial score (nSPS) is 11.0. The minimum Gasteiger partial charge on any atom is -0.365 e. The second-order valence-electron chi connectivity index (χ2n) is 5.73. The molecule has 0 saturated heterocycles. The van der Waals surface area contributed by atoms with Crippen LogP contribution in [-0.4, -0.2) is 9.38 Å². The summed E-state index contributed by atoms with van der Waals surface area (Å²) in [5.41, 5.74) is 3.83. The summed E-state index contributed by atoms with van der Waals surface area (Å²) in [7, 11) is 0. The molecule has 0 saturated carbocycles. The standard InChI is InChI=1S/C20H15Cl2N3/c21-16-8-4-7-15(11-16)19-20(23-12-14-5-2-1-3-6-14)25-13-17(22)9-10-18(25)24-19/h1-11,13,23H,12H2. The SMILES string of the molecule is Clc1cccc(-c2nc3ccc(Cl)cn3c2NCc2ccccc2)c1. The lowest BCUT2D eigenvalue weighted by Gasteiger charge is -2.09. The van der Waals surface area contributed by atoms with E-state index in [9.17, 15) is 0 Å². The van der Waals surface area contributed by atoms with Gasteiger partial charge in [0.15, 0.2) is 0 Å². The monoisotopic (exact) mass is 367 g/mol. The molecule has 4 rings (SSSR count). The first-order valence-corrected chi connectivity index (χ1v) is 8.68. The van der Waals surface area contributed by atoms with Crippen LogP contribution in [-0.2, 0) is 6.54 Å². The lowest BCUT2D eigenvalue weighted by Crippen LogP contribution is -2.03. The van der Waals surface area contributed by atoms with Crippen molar-refractivity contribution in [1.29, 1.82) is 0 Å². The van der Waals surface area contributed by atoms with Crippen LogP contribution in [0.1, 0.15) is 5.56 Å². The molecule has 0 bridgehead atoms. The Morgan fingerprint density at radius 2 is 1.72 bits per heavy atom. The van der Waals surface area contributed by atoms with Crippen molar-refractivity contribution in [2.24, 2.45) is 0 Å². The molecule has 25 heavy (non-hydrogen) atoms. The second-order valence-corrected chi connectivity index (χ2v) is 6.61. The molecule has 2 aromatic carbocycles. The summed E-state index contributed by atoms with van der Waals surface area (Å²) in [4.78, 5) is 4.76. The van der Waals surface area contributed by atoms with E-state index in [1.165, 1.54) is 5.56 Å². The van der Waals surface area contributed by atoms with Crippen molar-refractivity contribution in [3.8, 4) is 11.3 Å². The van der Waals surface area contributed by atoms with E-state index in [4.69, 9.17) is 28.2 Å². The van der Waals surface area contributed by atoms with Crippen LogP contribution >= 0.6 is 23.2 Å². The van der Waals surface area contributed by atoms with Crippen LogP contribution in [0.15, 0.2) is 72.9 Å². The van der Waals surface area contributed by atoms with Gasteiger partial charge in [-0.2, -0.15) is 0 Å². The van der Waals surface area contributed by atoms with E-state index in [2.05, 4.69) is 17.4 Å². The summed E-state index contributed by atoms with van der Waals surface area (Å²) < 4.78 is 1.97. The van der Waals surface area contributed by atoms with Crippen LogP contribution in [0.3, 0.4) is 0 Å². The Bertz CT molecular complexity index is 1030. The highest BCUT2D eigenvalue weighted by Gasteiger charge is 2.14. The third-order valence-electron chi connectivity index (χ3n) is 3.98. The van der Waals surface area contributed by atoms with Gasteiger partial charge in [0.2, 0.25) is 0 Å². The molecule has 0 fully saturated rings. The van der Waals surface area contributed by atoms with Crippen LogP contribution in [0.2, 0.25) is 10.0 Å². The number of halogens is 2. The Morgan fingerprint density at radius 3 is 2.52 bits per heavy atom. The minimum absolute atomic E-state index is 0.658. The van der Waals surface area contributed by atoms with Gasteiger partial charge in [-0.25, -0.2) is 4.98 Å². The van der Waals surface area contributed by atoms with E-state index < -0.39 is 0 Å². The summed E-state index contributed by atoms with van der Waals surface area (Å²) in [6.07, 6.45) is 1.87.